The van der Waals surface area contributed by atoms with Crippen molar-refractivity contribution in [1.82, 2.24) is 4.90 Å². The molecule has 0 saturated carbocycles. The van der Waals surface area contributed by atoms with Crippen LogP contribution < -0.4 is 0 Å². The van der Waals surface area contributed by atoms with Crippen LogP contribution in [-0.4, -0.2) is 19.0 Å². The molecule has 0 heterocycles. The van der Waals surface area contributed by atoms with Gasteiger partial charge in [0.15, 0.2) is 0 Å². The molecular weight excluding hydrogens is 362 g/mol. The van der Waals surface area contributed by atoms with Crippen LogP contribution >= 0.6 is 0 Å². The highest BCUT2D eigenvalue weighted by Gasteiger charge is 2.43. The van der Waals surface area contributed by atoms with Crippen LogP contribution in [0.1, 0.15) is 38.9 Å². The Balaban J connectivity index is 1.90. The summed E-state index contributed by atoms with van der Waals surface area (Å²) in [6.45, 7) is 0.939. The van der Waals surface area contributed by atoms with E-state index in [4.69, 9.17) is 0 Å². The van der Waals surface area contributed by atoms with Crippen LogP contribution in [-0.2, 0) is 18.4 Å². The molecule has 0 atom stereocenters. The molecule has 1 aliphatic rings. The highest BCUT2D eigenvalue weighted by atomic mass is 15.0. The van der Waals surface area contributed by atoms with E-state index in [9.17, 15) is 0 Å². The average molecular weight is 390 g/mol. The second-order valence-corrected chi connectivity index (χ2v) is 8.55. The fourth-order valence-electron chi connectivity index (χ4n) is 5.15. The first-order chi connectivity index (χ1) is 14.7. The van der Waals surface area contributed by atoms with Gasteiger partial charge in [-0.2, -0.15) is 0 Å². The van der Waals surface area contributed by atoms with E-state index in [2.05, 4.69) is 122 Å². The van der Waals surface area contributed by atoms with E-state index in [1.165, 1.54) is 38.9 Å². The second kappa shape index (κ2) is 7.59. The van der Waals surface area contributed by atoms with Crippen molar-refractivity contribution in [1.29, 1.82) is 0 Å². The zero-order chi connectivity index (χ0) is 20.6. The number of hydrogen-bond donors (Lipinski definition) is 0. The first-order valence-electron chi connectivity index (χ1n) is 10.7. The Kier molecular flexibility index (Phi) is 4.77. The molecule has 30 heavy (non-hydrogen) atoms. The quantitative estimate of drug-likeness (QED) is 0.362. The molecule has 0 amide bonds. The van der Waals surface area contributed by atoms with Crippen molar-refractivity contribution in [3.05, 3.63) is 142 Å². The maximum atomic E-state index is 2.45. The zero-order valence-corrected chi connectivity index (χ0v) is 17.7. The number of fused-ring (bicyclic) bond motifs is 2. The van der Waals surface area contributed by atoms with Crippen LogP contribution in [0.5, 0.6) is 0 Å². The van der Waals surface area contributed by atoms with Crippen LogP contribution in [0, 0.1) is 0 Å². The van der Waals surface area contributed by atoms with Gasteiger partial charge in [0.1, 0.15) is 0 Å². The van der Waals surface area contributed by atoms with Crippen molar-refractivity contribution < 1.29 is 0 Å². The van der Waals surface area contributed by atoms with Crippen molar-refractivity contribution in [2.24, 2.45) is 0 Å². The minimum absolute atomic E-state index is 0.310. The second-order valence-electron chi connectivity index (χ2n) is 8.55. The summed E-state index contributed by atoms with van der Waals surface area (Å²) in [5.74, 6) is 0. The molecule has 4 aromatic rings. The minimum Gasteiger partial charge on any atom is -0.305 e. The van der Waals surface area contributed by atoms with Crippen molar-refractivity contribution in [2.75, 3.05) is 14.1 Å². The van der Waals surface area contributed by atoms with Gasteiger partial charge in [0.2, 0.25) is 0 Å². The van der Waals surface area contributed by atoms with Gasteiger partial charge in [0, 0.05) is 6.54 Å². The van der Waals surface area contributed by atoms with E-state index in [0.717, 1.165) is 13.0 Å². The van der Waals surface area contributed by atoms with Gasteiger partial charge in [-0.15, -0.1) is 0 Å². The highest BCUT2D eigenvalue weighted by molar-refractivity contribution is 5.67. The Morgan fingerprint density at radius 1 is 0.633 bits per heavy atom. The van der Waals surface area contributed by atoms with Gasteiger partial charge in [0.25, 0.3) is 0 Å². The standard InChI is InChI=1S/C29H27N/c1-30(2)21-22-17-18-24-20-23-11-9-10-16-27(23)29(28(24)19-22,25-12-5-3-6-13-25)26-14-7-4-8-15-26/h3-19H,20-21H2,1-2H3. The Bertz CT molecular complexity index is 1120. The summed E-state index contributed by atoms with van der Waals surface area (Å²) in [7, 11) is 4.27. The summed E-state index contributed by atoms with van der Waals surface area (Å²) in [6.07, 6.45) is 0.981. The van der Waals surface area contributed by atoms with Crippen molar-refractivity contribution in [3.63, 3.8) is 0 Å². The molecular formula is C29H27N. The van der Waals surface area contributed by atoms with Crippen LogP contribution in [0.2, 0.25) is 0 Å². The lowest BCUT2D eigenvalue weighted by atomic mass is 9.59. The summed E-state index contributed by atoms with van der Waals surface area (Å²) in [5, 5.41) is 0. The molecule has 1 nitrogen and oxygen atoms in total. The number of rotatable bonds is 4. The van der Waals surface area contributed by atoms with Gasteiger partial charge < -0.3 is 4.90 Å². The van der Waals surface area contributed by atoms with Gasteiger partial charge in [-0.05, 0) is 59.5 Å². The third kappa shape index (κ3) is 2.98. The van der Waals surface area contributed by atoms with Gasteiger partial charge >= 0.3 is 0 Å². The third-order valence-electron chi connectivity index (χ3n) is 6.29. The lowest BCUT2D eigenvalue weighted by Crippen LogP contribution is -2.36. The Hall–Kier alpha value is -3.16. The number of nitrogens with zero attached hydrogens (tertiary/aromatic N) is 1. The molecule has 1 aliphatic carbocycles. The lowest BCUT2D eigenvalue weighted by Gasteiger charge is -2.42. The zero-order valence-electron chi connectivity index (χ0n) is 17.7. The maximum Gasteiger partial charge on any atom is 0.0707 e. The minimum atomic E-state index is -0.310. The van der Waals surface area contributed by atoms with Gasteiger partial charge in [-0.3, -0.25) is 0 Å². The van der Waals surface area contributed by atoms with E-state index in [1.54, 1.807) is 0 Å². The normalized spacial score (nSPS) is 14.2. The van der Waals surface area contributed by atoms with E-state index in [1.807, 2.05) is 0 Å². The smallest absolute Gasteiger partial charge is 0.0707 e. The summed E-state index contributed by atoms with van der Waals surface area (Å²) < 4.78 is 0. The van der Waals surface area contributed by atoms with E-state index < -0.39 is 0 Å². The van der Waals surface area contributed by atoms with Crippen LogP contribution in [0.3, 0.4) is 0 Å². The molecule has 0 bridgehead atoms. The largest absolute Gasteiger partial charge is 0.305 e. The van der Waals surface area contributed by atoms with Crippen LogP contribution in [0.15, 0.2) is 103 Å². The summed E-state index contributed by atoms with van der Waals surface area (Å²) in [6, 6.07) is 38.1. The Labute approximate surface area is 179 Å². The Morgan fingerprint density at radius 3 is 1.83 bits per heavy atom. The van der Waals surface area contributed by atoms with Gasteiger partial charge in [0.05, 0.1) is 5.41 Å². The van der Waals surface area contributed by atoms with Crippen molar-refractivity contribution in [2.45, 2.75) is 18.4 Å². The third-order valence-corrected chi connectivity index (χ3v) is 6.29. The van der Waals surface area contributed by atoms with Crippen molar-refractivity contribution >= 4 is 0 Å². The van der Waals surface area contributed by atoms with E-state index >= 15 is 0 Å². The van der Waals surface area contributed by atoms with E-state index in [-0.39, 0.29) is 5.41 Å². The molecule has 0 N–H and O–H groups in total. The average Bonchev–Trinajstić information content (AvgIpc) is 2.78. The molecule has 0 spiro atoms. The maximum absolute atomic E-state index is 2.45. The number of benzene rings is 4. The molecule has 1 heteroatoms. The molecule has 0 fully saturated rings. The first-order valence-corrected chi connectivity index (χ1v) is 10.7. The molecule has 0 aromatic heterocycles. The predicted molar refractivity (Wildman–Crippen MR) is 125 cm³/mol. The fraction of sp³-hybridized carbons (Fsp3) is 0.172. The van der Waals surface area contributed by atoms with Crippen LogP contribution in [0.25, 0.3) is 0 Å². The molecule has 0 unspecified atom stereocenters. The molecule has 0 saturated heterocycles. The lowest BCUT2D eigenvalue weighted by molar-refractivity contribution is 0.402. The monoisotopic (exact) mass is 389 g/mol. The molecule has 5 rings (SSSR count). The van der Waals surface area contributed by atoms with Crippen molar-refractivity contribution in [3.8, 4) is 0 Å². The van der Waals surface area contributed by atoms with Gasteiger partial charge in [-0.1, -0.05) is 103 Å². The molecule has 0 aliphatic heterocycles. The predicted octanol–water partition coefficient (Wildman–Crippen LogP) is 6.04. The Morgan fingerprint density at radius 2 is 1.20 bits per heavy atom. The number of hydrogen-bond acceptors (Lipinski definition) is 1. The summed E-state index contributed by atoms with van der Waals surface area (Å²) >= 11 is 0. The topological polar surface area (TPSA) is 3.24 Å². The van der Waals surface area contributed by atoms with Gasteiger partial charge in [-0.25, -0.2) is 0 Å². The SMILES string of the molecule is CN(C)Cc1ccc2c(c1)C(c1ccccc1)(c1ccccc1)c1ccccc1C2. The highest BCUT2D eigenvalue weighted by Crippen LogP contribution is 2.50. The molecule has 148 valence electrons. The molecule has 0 radical (unpaired) electrons. The molecule has 4 aromatic carbocycles. The summed E-state index contributed by atoms with van der Waals surface area (Å²) in [5.41, 5.74) is 9.35. The fourth-order valence-corrected chi connectivity index (χ4v) is 5.15. The first kappa shape index (κ1) is 18.8. The van der Waals surface area contributed by atoms with Crippen LogP contribution in [0.4, 0.5) is 0 Å². The van der Waals surface area contributed by atoms with E-state index in [0.29, 0.717) is 0 Å². The summed E-state index contributed by atoms with van der Waals surface area (Å²) in [4.78, 5) is 2.24.